The highest BCUT2D eigenvalue weighted by atomic mass is 19.1. The molecule has 0 unspecified atom stereocenters. The zero-order valence-corrected chi connectivity index (χ0v) is 14.7. The molecule has 0 fully saturated rings. The summed E-state index contributed by atoms with van der Waals surface area (Å²) < 4.78 is 15.4. The Morgan fingerprint density at radius 1 is 1.12 bits per heavy atom. The van der Waals surface area contributed by atoms with E-state index >= 15 is 0 Å². The highest BCUT2D eigenvalue weighted by molar-refractivity contribution is 5.71. The van der Waals surface area contributed by atoms with Gasteiger partial charge in [-0.25, -0.2) is 4.39 Å². The standard InChI is InChI=1S/C22H23FN2/c1-4-18-11-12-25(3)22(18)20-9-6-8-19(14-20)16(2)24-15-17-7-5-10-21(23)13-17/h5-14,24H,2,4,15H2,1,3H3. The third-order valence-electron chi connectivity index (χ3n) is 4.42. The van der Waals surface area contributed by atoms with Gasteiger partial charge in [-0.15, -0.1) is 0 Å². The van der Waals surface area contributed by atoms with Crippen molar-refractivity contribution in [1.82, 2.24) is 9.88 Å². The van der Waals surface area contributed by atoms with Gasteiger partial charge in [-0.1, -0.05) is 43.8 Å². The molecular weight excluding hydrogens is 311 g/mol. The van der Waals surface area contributed by atoms with E-state index in [-0.39, 0.29) is 5.82 Å². The number of nitrogens with zero attached hydrogens (tertiary/aromatic N) is 1. The molecule has 0 saturated heterocycles. The number of hydrogen-bond donors (Lipinski definition) is 1. The first-order valence-electron chi connectivity index (χ1n) is 8.50. The molecule has 1 N–H and O–H groups in total. The Balaban J connectivity index is 1.79. The SMILES string of the molecule is C=C(NCc1cccc(F)c1)c1cccc(-c2c(CC)ccn2C)c1. The van der Waals surface area contributed by atoms with Crippen LogP contribution in [0.15, 0.2) is 67.4 Å². The maximum atomic E-state index is 13.3. The lowest BCUT2D eigenvalue weighted by Gasteiger charge is -2.13. The number of aryl methyl sites for hydroxylation is 2. The van der Waals surface area contributed by atoms with Crippen LogP contribution in [-0.2, 0) is 20.0 Å². The first-order valence-corrected chi connectivity index (χ1v) is 8.50. The average molecular weight is 334 g/mol. The van der Waals surface area contributed by atoms with Gasteiger partial charge in [-0.3, -0.25) is 0 Å². The molecule has 0 radical (unpaired) electrons. The molecule has 0 amide bonds. The van der Waals surface area contributed by atoms with E-state index < -0.39 is 0 Å². The minimum atomic E-state index is -0.220. The van der Waals surface area contributed by atoms with Gasteiger partial charge in [0.25, 0.3) is 0 Å². The van der Waals surface area contributed by atoms with Crippen LogP contribution in [-0.4, -0.2) is 4.57 Å². The van der Waals surface area contributed by atoms with Gasteiger partial charge in [-0.2, -0.15) is 0 Å². The summed E-state index contributed by atoms with van der Waals surface area (Å²) in [5, 5.41) is 3.29. The molecule has 0 aliphatic rings. The minimum Gasteiger partial charge on any atom is -0.381 e. The van der Waals surface area contributed by atoms with Crippen molar-refractivity contribution in [2.75, 3.05) is 0 Å². The van der Waals surface area contributed by atoms with E-state index in [2.05, 4.69) is 54.8 Å². The van der Waals surface area contributed by atoms with Crippen molar-refractivity contribution in [2.24, 2.45) is 7.05 Å². The van der Waals surface area contributed by atoms with Gasteiger partial charge >= 0.3 is 0 Å². The average Bonchev–Trinajstić information content (AvgIpc) is 3.00. The Morgan fingerprint density at radius 3 is 2.68 bits per heavy atom. The second-order valence-electron chi connectivity index (χ2n) is 6.20. The van der Waals surface area contributed by atoms with Crippen molar-refractivity contribution in [2.45, 2.75) is 19.9 Å². The van der Waals surface area contributed by atoms with Crippen LogP contribution in [0.1, 0.15) is 23.6 Å². The van der Waals surface area contributed by atoms with E-state index in [0.29, 0.717) is 6.54 Å². The molecule has 0 aliphatic heterocycles. The van der Waals surface area contributed by atoms with Crippen LogP contribution in [0, 0.1) is 5.82 Å². The van der Waals surface area contributed by atoms with Crippen molar-refractivity contribution in [3.63, 3.8) is 0 Å². The monoisotopic (exact) mass is 334 g/mol. The van der Waals surface area contributed by atoms with Gasteiger partial charge in [-0.05, 0) is 52.9 Å². The van der Waals surface area contributed by atoms with Crippen LogP contribution >= 0.6 is 0 Å². The molecule has 0 bridgehead atoms. The fourth-order valence-corrected chi connectivity index (χ4v) is 3.07. The summed E-state index contributed by atoms with van der Waals surface area (Å²) in [6.07, 6.45) is 3.09. The Hall–Kier alpha value is -2.81. The molecular formula is C22H23FN2. The van der Waals surface area contributed by atoms with E-state index in [1.165, 1.54) is 29.0 Å². The largest absolute Gasteiger partial charge is 0.381 e. The van der Waals surface area contributed by atoms with E-state index in [1.54, 1.807) is 6.07 Å². The van der Waals surface area contributed by atoms with Crippen LogP contribution in [0.3, 0.4) is 0 Å². The molecule has 25 heavy (non-hydrogen) atoms. The van der Waals surface area contributed by atoms with Crippen molar-refractivity contribution >= 4 is 5.70 Å². The van der Waals surface area contributed by atoms with Gasteiger partial charge in [0.15, 0.2) is 0 Å². The van der Waals surface area contributed by atoms with Gasteiger partial charge in [0.05, 0.1) is 5.69 Å². The summed E-state index contributed by atoms with van der Waals surface area (Å²) in [7, 11) is 2.07. The second kappa shape index (κ2) is 7.39. The van der Waals surface area contributed by atoms with Crippen LogP contribution in [0.2, 0.25) is 0 Å². The second-order valence-corrected chi connectivity index (χ2v) is 6.20. The van der Waals surface area contributed by atoms with Gasteiger partial charge in [0, 0.05) is 25.5 Å². The van der Waals surface area contributed by atoms with Gasteiger partial charge in [0.1, 0.15) is 5.82 Å². The quantitative estimate of drug-likeness (QED) is 0.659. The highest BCUT2D eigenvalue weighted by Gasteiger charge is 2.09. The lowest BCUT2D eigenvalue weighted by molar-refractivity contribution is 0.624. The predicted molar refractivity (Wildman–Crippen MR) is 103 cm³/mol. The zero-order chi connectivity index (χ0) is 17.8. The molecule has 0 atom stereocenters. The van der Waals surface area contributed by atoms with Crippen molar-refractivity contribution in [3.05, 3.63) is 89.9 Å². The van der Waals surface area contributed by atoms with Crippen LogP contribution in [0.25, 0.3) is 17.0 Å². The molecule has 0 aliphatic carbocycles. The molecule has 3 heteroatoms. The summed E-state index contributed by atoms with van der Waals surface area (Å²) in [4.78, 5) is 0. The lowest BCUT2D eigenvalue weighted by atomic mass is 10.0. The molecule has 3 rings (SSSR count). The first-order chi connectivity index (χ1) is 12.1. The number of hydrogen-bond acceptors (Lipinski definition) is 1. The fraction of sp³-hybridized carbons (Fsp3) is 0.182. The van der Waals surface area contributed by atoms with Crippen molar-refractivity contribution < 1.29 is 4.39 Å². The Bertz CT molecular complexity index is 893. The molecule has 2 nitrogen and oxygen atoms in total. The van der Waals surface area contributed by atoms with E-state index in [1.807, 2.05) is 18.2 Å². The molecule has 0 saturated carbocycles. The Kier molecular flexibility index (Phi) is 5.03. The van der Waals surface area contributed by atoms with Crippen molar-refractivity contribution in [1.29, 1.82) is 0 Å². The molecule has 3 aromatic rings. The van der Waals surface area contributed by atoms with E-state index in [0.717, 1.165) is 23.2 Å². The summed E-state index contributed by atoms with van der Waals surface area (Å²) in [6, 6.07) is 17.1. The summed E-state index contributed by atoms with van der Waals surface area (Å²) in [6.45, 7) is 6.85. The summed E-state index contributed by atoms with van der Waals surface area (Å²) in [5.41, 5.74) is 6.51. The lowest BCUT2D eigenvalue weighted by Crippen LogP contribution is -2.11. The van der Waals surface area contributed by atoms with Crippen LogP contribution in [0.5, 0.6) is 0 Å². The third-order valence-corrected chi connectivity index (χ3v) is 4.42. The van der Waals surface area contributed by atoms with Crippen LogP contribution in [0.4, 0.5) is 4.39 Å². The normalized spacial score (nSPS) is 10.7. The van der Waals surface area contributed by atoms with Crippen molar-refractivity contribution in [3.8, 4) is 11.3 Å². The number of halogens is 1. The number of nitrogens with one attached hydrogen (secondary N) is 1. The third kappa shape index (κ3) is 3.82. The Morgan fingerprint density at radius 2 is 1.92 bits per heavy atom. The molecule has 1 heterocycles. The van der Waals surface area contributed by atoms with Crippen LogP contribution < -0.4 is 5.32 Å². The smallest absolute Gasteiger partial charge is 0.123 e. The number of benzene rings is 2. The predicted octanol–water partition coefficient (Wildman–Crippen LogP) is 5.15. The van der Waals surface area contributed by atoms with Gasteiger partial charge < -0.3 is 9.88 Å². The first kappa shape index (κ1) is 17.0. The molecule has 0 spiro atoms. The molecule has 128 valence electrons. The molecule has 2 aromatic carbocycles. The highest BCUT2D eigenvalue weighted by Crippen LogP contribution is 2.27. The topological polar surface area (TPSA) is 17.0 Å². The fourth-order valence-electron chi connectivity index (χ4n) is 3.07. The minimum absolute atomic E-state index is 0.220. The van der Waals surface area contributed by atoms with Gasteiger partial charge in [0.2, 0.25) is 0 Å². The maximum absolute atomic E-state index is 13.3. The number of rotatable bonds is 6. The summed E-state index contributed by atoms with van der Waals surface area (Å²) in [5.74, 6) is -0.220. The number of aromatic nitrogens is 1. The molecule has 1 aromatic heterocycles. The maximum Gasteiger partial charge on any atom is 0.123 e. The zero-order valence-electron chi connectivity index (χ0n) is 14.7. The van der Waals surface area contributed by atoms with E-state index in [4.69, 9.17) is 0 Å². The summed E-state index contributed by atoms with van der Waals surface area (Å²) >= 11 is 0. The van der Waals surface area contributed by atoms with E-state index in [9.17, 15) is 4.39 Å². The Labute approximate surface area is 148 Å².